The summed E-state index contributed by atoms with van der Waals surface area (Å²) in [6.45, 7) is 0. The van der Waals surface area contributed by atoms with Crippen molar-refractivity contribution in [3.8, 4) is 5.75 Å². The van der Waals surface area contributed by atoms with Crippen molar-refractivity contribution in [2.45, 2.75) is 0 Å². The SMILES string of the molecule is O=[SH](=S)Oc1ccc(Cl)cc1.[KH]. The molecule has 0 amide bonds. The number of hydrogen-bond acceptors (Lipinski definition) is 3. The van der Waals surface area contributed by atoms with Crippen molar-refractivity contribution < 1.29 is 8.39 Å². The van der Waals surface area contributed by atoms with Gasteiger partial charge in [0.1, 0.15) is 5.75 Å². The summed E-state index contributed by atoms with van der Waals surface area (Å²) >= 11 is 9.94. The maximum absolute atomic E-state index is 10.4. The van der Waals surface area contributed by atoms with E-state index in [4.69, 9.17) is 15.8 Å². The fourth-order valence-electron chi connectivity index (χ4n) is 0.582. The van der Waals surface area contributed by atoms with Crippen molar-refractivity contribution in [3.05, 3.63) is 29.3 Å². The van der Waals surface area contributed by atoms with Crippen LogP contribution in [-0.4, -0.2) is 55.6 Å². The normalized spacial score (nSPS) is 11.4. The molecule has 0 saturated carbocycles. The molecule has 1 aromatic rings. The Morgan fingerprint density at radius 3 is 2.25 bits per heavy atom. The van der Waals surface area contributed by atoms with Gasteiger partial charge in [0.25, 0.3) is 0 Å². The fourth-order valence-corrected chi connectivity index (χ4v) is 1.26. The molecule has 2 nitrogen and oxygen atoms in total. The summed E-state index contributed by atoms with van der Waals surface area (Å²) in [6.07, 6.45) is 0. The Labute approximate surface area is 125 Å². The molecule has 0 aromatic heterocycles. The number of rotatable bonds is 2. The van der Waals surface area contributed by atoms with Crippen LogP contribution >= 0.6 is 11.6 Å². The monoisotopic (exact) mass is 248 g/mol. The van der Waals surface area contributed by atoms with Gasteiger partial charge in [-0.2, -0.15) is 0 Å². The van der Waals surface area contributed by atoms with Gasteiger partial charge in [-0.05, 0) is 24.3 Å². The fraction of sp³-hybridized carbons (Fsp3) is 0. The van der Waals surface area contributed by atoms with Crippen molar-refractivity contribution in [2.75, 3.05) is 0 Å². The molecule has 12 heavy (non-hydrogen) atoms. The van der Waals surface area contributed by atoms with Crippen LogP contribution in [0, 0.1) is 0 Å². The molecule has 0 radical (unpaired) electrons. The molecule has 0 fully saturated rings. The summed E-state index contributed by atoms with van der Waals surface area (Å²) < 4.78 is 15.1. The van der Waals surface area contributed by atoms with Gasteiger partial charge in [0.15, 0.2) is 9.64 Å². The second kappa shape index (κ2) is 6.72. The zero-order valence-corrected chi connectivity index (χ0v) is 7.83. The Balaban J connectivity index is 0.00000121. The molecule has 0 saturated heterocycles. The van der Waals surface area contributed by atoms with Gasteiger partial charge >= 0.3 is 51.4 Å². The van der Waals surface area contributed by atoms with Crippen molar-refractivity contribution >= 4 is 83.8 Å². The zero-order valence-electron chi connectivity index (χ0n) is 5.36. The van der Waals surface area contributed by atoms with E-state index in [-0.39, 0.29) is 51.4 Å². The number of thiol groups is 1. The Bertz CT molecular complexity index is 302. The van der Waals surface area contributed by atoms with Crippen molar-refractivity contribution in [2.24, 2.45) is 0 Å². The third-order valence-electron chi connectivity index (χ3n) is 0.994. The zero-order chi connectivity index (χ0) is 8.27. The van der Waals surface area contributed by atoms with E-state index in [9.17, 15) is 4.21 Å². The quantitative estimate of drug-likeness (QED) is 0.623. The van der Waals surface area contributed by atoms with Gasteiger partial charge in [-0.1, -0.05) is 11.6 Å². The van der Waals surface area contributed by atoms with Gasteiger partial charge in [0, 0.05) is 16.2 Å². The molecule has 0 bridgehead atoms. The first-order valence-electron chi connectivity index (χ1n) is 2.76. The molecule has 0 aliphatic heterocycles. The van der Waals surface area contributed by atoms with E-state index in [1.807, 2.05) is 0 Å². The van der Waals surface area contributed by atoms with Crippen molar-refractivity contribution in [3.63, 3.8) is 0 Å². The van der Waals surface area contributed by atoms with Crippen LogP contribution in [0.25, 0.3) is 0 Å². The first-order chi connectivity index (χ1) is 5.18. The van der Waals surface area contributed by atoms with Crippen LogP contribution in [-0.2, 0) is 20.8 Å². The van der Waals surface area contributed by atoms with Gasteiger partial charge in [0.2, 0.25) is 0 Å². The molecule has 0 heterocycles. The van der Waals surface area contributed by atoms with E-state index in [1.165, 1.54) is 0 Å². The molecule has 0 spiro atoms. The van der Waals surface area contributed by atoms with E-state index in [2.05, 4.69) is 11.2 Å². The minimum absolute atomic E-state index is 0. The second-order valence-corrected chi connectivity index (χ2v) is 3.73. The number of benzene rings is 1. The molecule has 0 N–H and O–H groups in total. The van der Waals surface area contributed by atoms with E-state index in [0.29, 0.717) is 10.8 Å². The Hall–Kier alpha value is 1.32. The Morgan fingerprint density at radius 2 is 1.83 bits per heavy atom. The van der Waals surface area contributed by atoms with Crippen LogP contribution in [0.15, 0.2) is 24.3 Å². The van der Waals surface area contributed by atoms with Crippen LogP contribution in [0.4, 0.5) is 0 Å². The van der Waals surface area contributed by atoms with Gasteiger partial charge in [0.05, 0.1) is 0 Å². The maximum atomic E-state index is 10.4. The minimum atomic E-state index is -2.00. The molecule has 1 rings (SSSR count). The van der Waals surface area contributed by atoms with Gasteiger partial charge in [-0.15, -0.1) is 0 Å². The summed E-state index contributed by atoms with van der Waals surface area (Å²) in [5.41, 5.74) is 0. The van der Waals surface area contributed by atoms with Crippen LogP contribution in [0.5, 0.6) is 5.75 Å². The van der Waals surface area contributed by atoms with Gasteiger partial charge in [-0.3, -0.25) is 0 Å². The van der Waals surface area contributed by atoms with Crippen molar-refractivity contribution in [1.82, 2.24) is 0 Å². The van der Waals surface area contributed by atoms with Gasteiger partial charge < -0.3 is 4.18 Å². The first-order valence-corrected chi connectivity index (χ1v) is 5.33. The summed E-state index contributed by atoms with van der Waals surface area (Å²) in [5, 5.41) is 0.608. The third kappa shape index (κ3) is 5.13. The molecule has 6 heteroatoms. The topological polar surface area (TPSA) is 26.3 Å². The predicted molar refractivity (Wildman–Crippen MR) is 56.1 cm³/mol. The molecular weight excluding hydrogens is 243 g/mol. The summed E-state index contributed by atoms with van der Waals surface area (Å²) in [5.74, 6) is 0.477. The number of halogens is 1. The standard InChI is InChI=1S/C6H5ClO2S2.K.H/c7-5-1-3-6(4-2-5)9-11(8)10;;/h1-4,11H;;. The van der Waals surface area contributed by atoms with Crippen LogP contribution < -0.4 is 4.18 Å². The first kappa shape index (κ1) is 13.3. The van der Waals surface area contributed by atoms with E-state index in [1.54, 1.807) is 24.3 Å². The molecular formula is C6H6ClKO2S2. The van der Waals surface area contributed by atoms with E-state index in [0.717, 1.165) is 0 Å². The summed E-state index contributed by atoms with van der Waals surface area (Å²) in [4.78, 5) is 0. The van der Waals surface area contributed by atoms with Crippen molar-refractivity contribution in [1.29, 1.82) is 0 Å². The number of hydrogen-bond donors (Lipinski definition) is 1. The van der Waals surface area contributed by atoms with Crippen LogP contribution in [0.1, 0.15) is 0 Å². The molecule has 0 aliphatic carbocycles. The molecule has 1 unspecified atom stereocenters. The predicted octanol–water partition coefficient (Wildman–Crippen LogP) is 0.928. The van der Waals surface area contributed by atoms with E-state index >= 15 is 0 Å². The average molecular weight is 249 g/mol. The molecule has 1 aromatic carbocycles. The Morgan fingerprint density at radius 1 is 1.33 bits per heavy atom. The van der Waals surface area contributed by atoms with Crippen LogP contribution in [0.3, 0.4) is 0 Å². The third-order valence-corrected chi connectivity index (χ3v) is 1.83. The average Bonchev–Trinajstić information content (AvgIpc) is 1.93. The molecule has 0 aliphatic rings. The molecule has 1 atom stereocenters. The van der Waals surface area contributed by atoms with Gasteiger partial charge in [-0.25, -0.2) is 4.21 Å². The van der Waals surface area contributed by atoms with Crippen LogP contribution in [0.2, 0.25) is 5.02 Å². The van der Waals surface area contributed by atoms with E-state index < -0.39 is 9.64 Å². The summed E-state index contributed by atoms with van der Waals surface area (Å²) in [7, 11) is -2.00. The second-order valence-electron chi connectivity index (χ2n) is 1.77. The molecule has 62 valence electrons. The summed E-state index contributed by atoms with van der Waals surface area (Å²) in [6, 6.07) is 6.51. The Kier molecular flexibility index (Phi) is 7.46.